The largest absolute Gasteiger partial charge is 0.486 e. The summed E-state index contributed by atoms with van der Waals surface area (Å²) in [6, 6.07) is 3.70. The van der Waals surface area contributed by atoms with Crippen LogP contribution < -0.4 is 14.8 Å². The van der Waals surface area contributed by atoms with Gasteiger partial charge in [-0.05, 0) is 24.3 Å². The first-order valence-electron chi connectivity index (χ1n) is 8.66. The van der Waals surface area contributed by atoms with E-state index in [1.165, 1.54) is 5.56 Å². The minimum absolute atomic E-state index is 0.0802. The number of carbonyl (C=O) groups is 1. The molecule has 2 aliphatic heterocycles. The summed E-state index contributed by atoms with van der Waals surface area (Å²) >= 11 is 1.57. The molecule has 2 amide bonds. The van der Waals surface area contributed by atoms with Crippen molar-refractivity contribution in [3.8, 4) is 11.5 Å². The number of likely N-dealkylation sites (tertiary alicyclic amines) is 1. The summed E-state index contributed by atoms with van der Waals surface area (Å²) in [6.45, 7) is 2.52. The average molecular weight is 374 g/mol. The molecule has 1 N–H and O–H groups in total. The monoisotopic (exact) mass is 374 g/mol. The summed E-state index contributed by atoms with van der Waals surface area (Å²) in [6.07, 6.45) is 6.85. The smallest absolute Gasteiger partial charge is 0.321 e. The van der Waals surface area contributed by atoms with Gasteiger partial charge in [-0.1, -0.05) is 0 Å². The predicted molar refractivity (Wildman–Crippen MR) is 100 cm³/mol. The highest BCUT2D eigenvalue weighted by atomic mass is 32.2. The Morgan fingerprint density at radius 2 is 2.08 bits per heavy atom. The fourth-order valence-electron chi connectivity index (χ4n) is 3.40. The molecule has 0 saturated carbocycles. The molecule has 0 spiro atoms. The Labute approximate surface area is 156 Å². The average Bonchev–Trinajstić information content (AvgIpc) is 3.30. The number of carbonyl (C=O) groups excluding carboxylic acids is 1. The van der Waals surface area contributed by atoms with Crippen LogP contribution in [-0.2, 0) is 7.05 Å². The van der Waals surface area contributed by atoms with E-state index in [4.69, 9.17) is 9.47 Å². The maximum Gasteiger partial charge on any atom is 0.321 e. The van der Waals surface area contributed by atoms with Crippen LogP contribution >= 0.6 is 11.8 Å². The van der Waals surface area contributed by atoms with Gasteiger partial charge in [0, 0.05) is 43.2 Å². The number of aryl methyl sites for hydroxylation is 1. The lowest BCUT2D eigenvalue weighted by Crippen LogP contribution is -2.33. The van der Waals surface area contributed by atoms with E-state index >= 15 is 0 Å². The number of aromatic nitrogens is 2. The molecule has 1 saturated heterocycles. The van der Waals surface area contributed by atoms with Gasteiger partial charge in [0.2, 0.25) is 0 Å². The molecular weight excluding hydrogens is 352 g/mol. The van der Waals surface area contributed by atoms with Gasteiger partial charge in [0.25, 0.3) is 0 Å². The third kappa shape index (κ3) is 3.33. The Bertz CT molecular complexity index is 823. The van der Waals surface area contributed by atoms with E-state index in [2.05, 4.69) is 10.4 Å². The van der Waals surface area contributed by atoms with E-state index in [-0.39, 0.29) is 6.03 Å². The zero-order chi connectivity index (χ0) is 18.1. The fraction of sp³-hybridized carbons (Fsp3) is 0.444. The second-order valence-corrected chi connectivity index (χ2v) is 7.35. The molecule has 4 rings (SSSR count). The van der Waals surface area contributed by atoms with E-state index in [0.29, 0.717) is 31.4 Å². The second-order valence-electron chi connectivity index (χ2n) is 6.51. The van der Waals surface area contributed by atoms with Crippen LogP contribution in [0.4, 0.5) is 10.5 Å². The molecule has 1 unspecified atom stereocenters. The number of thioether (sulfide) groups is 1. The van der Waals surface area contributed by atoms with Gasteiger partial charge in [-0.2, -0.15) is 5.10 Å². The minimum Gasteiger partial charge on any atom is -0.486 e. The number of fused-ring (bicyclic) bond motifs is 1. The van der Waals surface area contributed by atoms with E-state index in [1.807, 2.05) is 42.7 Å². The number of hydrogen-bond donors (Lipinski definition) is 1. The topological polar surface area (TPSA) is 68.6 Å². The van der Waals surface area contributed by atoms with Crippen LogP contribution in [0.2, 0.25) is 0 Å². The first-order chi connectivity index (χ1) is 12.6. The third-order valence-electron chi connectivity index (χ3n) is 4.78. The first-order valence-corrected chi connectivity index (χ1v) is 9.88. The predicted octanol–water partition coefficient (Wildman–Crippen LogP) is 2.93. The molecule has 1 fully saturated rings. The Balaban J connectivity index is 1.46. The number of rotatable bonds is 3. The molecule has 7 nitrogen and oxygen atoms in total. The van der Waals surface area contributed by atoms with E-state index in [0.717, 1.165) is 29.3 Å². The number of hydrogen-bond acceptors (Lipinski definition) is 5. The summed E-state index contributed by atoms with van der Waals surface area (Å²) in [5.74, 6) is 1.75. The lowest BCUT2D eigenvalue weighted by atomic mass is 10.0. The second kappa shape index (κ2) is 7.11. The number of benzene rings is 1. The Morgan fingerprint density at radius 3 is 2.77 bits per heavy atom. The van der Waals surface area contributed by atoms with Gasteiger partial charge in [0.15, 0.2) is 11.5 Å². The van der Waals surface area contributed by atoms with Crippen LogP contribution in [-0.4, -0.2) is 53.3 Å². The quantitative estimate of drug-likeness (QED) is 0.837. The summed E-state index contributed by atoms with van der Waals surface area (Å²) in [5.41, 5.74) is 1.95. The number of amides is 2. The van der Waals surface area contributed by atoms with E-state index in [9.17, 15) is 4.79 Å². The molecule has 2 aliphatic rings. The van der Waals surface area contributed by atoms with Gasteiger partial charge in [0.1, 0.15) is 13.2 Å². The van der Waals surface area contributed by atoms with Gasteiger partial charge >= 0.3 is 6.03 Å². The summed E-state index contributed by atoms with van der Waals surface area (Å²) in [5, 5.41) is 7.27. The molecule has 0 radical (unpaired) electrons. The van der Waals surface area contributed by atoms with Crippen molar-refractivity contribution in [3.63, 3.8) is 0 Å². The molecule has 0 bridgehead atoms. The molecule has 138 valence electrons. The van der Waals surface area contributed by atoms with Crippen molar-refractivity contribution in [2.24, 2.45) is 7.05 Å². The maximum atomic E-state index is 12.7. The maximum absolute atomic E-state index is 12.7. The Kier molecular flexibility index (Phi) is 4.67. The summed E-state index contributed by atoms with van der Waals surface area (Å²) in [7, 11) is 1.91. The van der Waals surface area contributed by atoms with Gasteiger partial charge in [-0.15, -0.1) is 11.8 Å². The van der Waals surface area contributed by atoms with E-state index in [1.54, 1.807) is 16.4 Å². The van der Waals surface area contributed by atoms with Crippen molar-refractivity contribution in [1.29, 1.82) is 0 Å². The van der Waals surface area contributed by atoms with E-state index < -0.39 is 0 Å². The van der Waals surface area contributed by atoms with Crippen LogP contribution in [0.25, 0.3) is 0 Å². The Hall–Kier alpha value is -2.35. The molecule has 1 atom stereocenters. The van der Waals surface area contributed by atoms with Gasteiger partial charge in [-0.25, -0.2) is 4.79 Å². The lowest BCUT2D eigenvalue weighted by molar-refractivity contribution is 0.171. The van der Waals surface area contributed by atoms with Gasteiger partial charge < -0.3 is 19.7 Å². The van der Waals surface area contributed by atoms with Crippen molar-refractivity contribution < 1.29 is 14.3 Å². The number of anilines is 1. The highest BCUT2D eigenvalue weighted by Gasteiger charge is 2.28. The number of ether oxygens (including phenoxy) is 2. The summed E-state index contributed by atoms with van der Waals surface area (Å²) in [4.78, 5) is 15.6. The molecule has 8 heteroatoms. The van der Waals surface area contributed by atoms with Crippen molar-refractivity contribution in [3.05, 3.63) is 30.1 Å². The Morgan fingerprint density at radius 1 is 1.31 bits per heavy atom. The fourth-order valence-corrected chi connectivity index (χ4v) is 3.95. The van der Waals surface area contributed by atoms with Crippen molar-refractivity contribution in [2.75, 3.05) is 37.9 Å². The zero-order valence-corrected chi connectivity index (χ0v) is 15.7. The molecule has 0 aliphatic carbocycles. The SMILES string of the molecule is CSc1cc2c(cc1NC(=O)N1CCC(c3cnn(C)c3)C1)OCCO2. The number of nitrogens with zero attached hydrogens (tertiary/aromatic N) is 3. The zero-order valence-electron chi connectivity index (χ0n) is 14.9. The normalized spacial score (nSPS) is 18.8. The standard InChI is InChI=1S/C18H22N4O3S/c1-21-10-13(9-19-21)12-3-4-22(11-12)18(23)20-14-7-15-16(8-17(14)26-2)25-6-5-24-15/h7-10,12H,3-6,11H2,1-2H3,(H,20,23). The van der Waals surface area contributed by atoms with Crippen molar-refractivity contribution in [1.82, 2.24) is 14.7 Å². The van der Waals surface area contributed by atoms with Crippen molar-refractivity contribution >= 4 is 23.5 Å². The lowest BCUT2D eigenvalue weighted by Gasteiger charge is -2.22. The number of urea groups is 1. The van der Waals surface area contributed by atoms with Crippen LogP contribution in [0.5, 0.6) is 11.5 Å². The van der Waals surface area contributed by atoms with Crippen LogP contribution in [0.1, 0.15) is 17.9 Å². The molecule has 26 heavy (non-hydrogen) atoms. The molecule has 3 heterocycles. The highest BCUT2D eigenvalue weighted by Crippen LogP contribution is 2.39. The molecule has 1 aromatic heterocycles. The van der Waals surface area contributed by atoms with Gasteiger partial charge in [0.05, 0.1) is 11.9 Å². The first kappa shape index (κ1) is 17.1. The minimum atomic E-state index is -0.0802. The molecular formula is C18H22N4O3S. The third-order valence-corrected chi connectivity index (χ3v) is 5.56. The molecule has 2 aromatic rings. The van der Waals surface area contributed by atoms with Crippen LogP contribution in [0.15, 0.2) is 29.4 Å². The van der Waals surface area contributed by atoms with Crippen LogP contribution in [0.3, 0.4) is 0 Å². The van der Waals surface area contributed by atoms with Crippen LogP contribution in [0, 0.1) is 0 Å². The van der Waals surface area contributed by atoms with Crippen molar-refractivity contribution in [2.45, 2.75) is 17.2 Å². The number of nitrogens with one attached hydrogen (secondary N) is 1. The summed E-state index contributed by atoms with van der Waals surface area (Å²) < 4.78 is 13.1. The molecule has 1 aromatic carbocycles. The van der Waals surface area contributed by atoms with Gasteiger partial charge in [-0.3, -0.25) is 4.68 Å². The highest BCUT2D eigenvalue weighted by molar-refractivity contribution is 7.98.